The molecule has 0 unspecified atom stereocenters. The average molecular weight is 449 g/mol. The van der Waals surface area contributed by atoms with Crippen LogP contribution in [0.1, 0.15) is 36.5 Å². The van der Waals surface area contributed by atoms with E-state index < -0.39 is 17.6 Å². The number of halogens is 2. The van der Waals surface area contributed by atoms with Crippen LogP contribution in [-0.2, 0) is 16.1 Å². The van der Waals surface area contributed by atoms with E-state index in [1.165, 1.54) is 6.07 Å². The minimum Gasteiger partial charge on any atom is -0.350 e. The first-order valence-corrected chi connectivity index (χ1v) is 10.7. The van der Waals surface area contributed by atoms with E-state index in [1.807, 2.05) is 24.3 Å². The van der Waals surface area contributed by atoms with Gasteiger partial charge in [0.25, 0.3) is 11.8 Å². The van der Waals surface area contributed by atoms with Gasteiger partial charge in [-0.25, -0.2) is 4.39 Å². The van der Waals surface area contributed by atoms with Gasteiger partial charge in [-0.3, -0.25) is 14.5 Å². The Bertz CT molecular complexity index is 1200. The Balaban J connectivity index is 1.72. The molecule has 0 saturated heterocycles. The molecule has 0 atom stereocenters. The zero-order chi connectivity index (χ0) is 22.8. The summed E-state index contributed by atoms with van der Waals surface area (Å²) < 4.78 is 14.2. The quantitative estimate of drug-likeness (QED) is 0.471. The van der Waals surface area contributed by atoms with E-state index in [1.54, 1.807) is 42.5 Å². The van der Waals surface area contributed by atoms with Crippen LogP contribution in [0.3, 0.4) is 0 Å². The number of hydrogen-bond donors (Lipinski definition) is 1. The lowest BCUT2D eigenvalue weighted by Crippen LogP contribution is -2.32. The molecule has 0 aromatic heterocycles. The van der Waals surface area contributed by atoms with Gasteiger partial charge >= 0.3 is 0 Å². The van der Waals surface area contributed by atoms with Gasteiger partial charge in [-0.2, -0.15) is 0 Å². The first kappa shape index (κ1) is 21.8. The molecule has 1 heterocycles. The second kappa shape index (κ2) is 8.97. The maximum atomic E-state index is 14.2. The Morgan fingerprint density at radius 2 is 1.56 bits per heavy atom. The molecule has 1 aliphatic heterocycles. The molecule has 4 nitrogen and oxygen atoms in total. The Kier molecular flexibility index (Phi) is 6.10. The van der Waals surface area contributed by atoms with E-state index in [9.17, 15) is 14.0 Å². The van der Waals surface area contributed by atoms with E-state index in [0.29, 0.717) is 22.2 Å². The molecule has 2 amide bonds. The van der Waals surface area contributed by atoms with Crippen LogP contribution in [0.5, 0.6) is 0 Å². The van der Waals surface area contributed by atoms with Crippen molar-refractivity contribution in [2.45, 2.75) is 26.3 Å². The lowest BCUT2D eigenvalue weighted by molar-refractivity contribution is -0.137. The van der Waals surface area contributed by atoms with Gasteiger partial charge in [0.2, 0.25) is 0 Å². The summed E-state index contributed by atoms with van der Waals surface area (Å²) in [6, 6.07) is 20.5. The average Bonchev–Trinajstić information content (AvgIpc) is 3.00. The minimum atomic E-state index is -0.504. The topological polar surface area (TPSA) is 49.4 Å². The van der Waals surface area contributed by atoms with Crippen LogP contribution in [0.2, 0.25) is 5.02 Å². The van der Waals surface area contributed by atoms with Gasteiger partial charge in [-0.05, 0) is 47.4 Å². The van der Waals surface area contributed by atoms with Gasteiger partial charge < -0.3 is 5.32 Å². The molecule has 0 spiro atoms. The number of rotatable bonds is 6. The summed E-state index contributed by atoms with van der Waals surface area (Å²) in [5, 5.41) is 3.64. The summed E-state index contributed by atoms with van der Waals surface area (Å²) in [5.41, 5.74) is 3.07. The number of anilines is 1. The molecule has 6 heteroatoms. The Morgan fingerprint density at radius 1 is 0.906 bits per heavy atom. The highest BCUT2D eigenvalue weighted by Crippen LogP contribution is 2.32. The number of benzene rings is 3. The first-order valence-electron chi connectivity index (χ1n) is 10.3. The molecule has 3 aromatic rings. The second-order valence-electron chi connectivity index (χ2n) is 7.95. The second-order valence-corrected chi connectivity index (χ2v) is 8.38. The third-order valence-electron chi connectivity index (χ3n) is 5.43. The van der Waals surface area contributed by atoms with Gasteiger partial charge in [0, 0.05) is 16.3 Å². The SMILES string of the molecule is CC(C)c1ccc(NC2=C(c3ccc(Cl)cc3)C(=O)N(Cc3ccccc3F)C2=O)cc1. The molecule has 0 aliphatic carbocycles. The lowest BCUT2D eigenvalue weighted by Gasteiger charge is -2.16. The highest BCUT2D eigenvalue weighted by atomic mass is 35.5. The van der Waals surface area contributed by atoms with Gasteiger partial charge in [0.1, 0.15) is 11.5 Å². The van der Waals surface area contributed by atoms with Crippen molar-refractivity contribution in [2.75, 3.05) is 5.32 Å². The molecule has 0 fully saturated rings. The predicted molar refractivity (Wildman–Crippen MR) is 124 cm³/mol. The van der Waals surface area contributed by atoms with Crippen LogP contribution in [0.25, 0.3) is 5.57 Å². The zero-order valence-electron chi connectivity index (χ0n) is 17.7. The molecule has 0 bridgehead atoms. The van der Waals surface area contributed by atoms with E-state index in [-0.39, 0.29) is 23.4 Å². The van der Waals surface area contributed by atoms with Crippen molar-refractivity contribution in [2.24, 2.45) is 0 Å². The maximum absolute atomic E-state index is 14.2. The highest BCUT2D eigenvalue weighted by molar-refractivity contribution is 6.36. The number of imide groups is 1. The number of nitrogens with zero attached hydrogens (tertiary/aromatic N) is 1. The standard InChI is InChI=1S/C26H22ClFN2O2/c1-16(2)17-9-13-21(14-10-17)29-24-23(18-7-11-20(27)12-8-18)25(31)30(26(24)32)15-19-5-3-4-6-22(19)28/h3-14,16,29H,15H2,1-2H3. The third-order valence-corrected chi connectivity index (χ3v) is 5.69. The van der Waals surface area contributed by atoms with Gasteiger partial charge in [0.05, 0.1) is 12.1 Å². The minimum absolute atomic E-state index is 0.154. The van der Waals surface area contributed by atoms with Crippen LogP contribution < -0.4 is 5.32 Å². The summed E-state index contributed by atoms with van der Waals surface area (Å²) >= 11 is 6.01. The molecule has 162 valence electrons. The van der Waals surface area contributed by atoms with Crippen LogP contribution in [0.4, 0.5) is 10.1 Å². The van der Waals surface area contributed by atoms with E-state index >= 15 is 0 Å². The predicted octanol–water partition coefficient (Wildman–Crippen LogP) is 5.99. The molecule has 1 N–H and O–H groups in total. The zero-order valence-corrected chi connectivity index (χ0v) is 18.5. The van der Waals surface area contributed by atoms with Crippen molar-refractivity contribution in [3.8, 4) is 0 Å². The smallest absolute Gasteiger partial charge is 0.278 e. The largest absolute Gasteiger partial charge is 0.350 e. The summed E-state index contributed by atoms with van der Waals surface area (Å²) in [7, 11) is 0. The van der Waals surface area contributed by atoms with Gasteiger partial charge in [-0.15, -0.1) is 0 Å². The lowest BCUT2D eigenvalue weighted by atomic mass is 10.0. The van der Waals surface area contributed by atoms with Crippen molar-refractivity contribution in [3.05, 3.63) is 106 Å². The van der Waals surface area contributed by atoms with Crippen molar-refractivity contribution < 1.29 is 14.0 Å². The number of hydrogen-bond acceptors (Lipinski definition) is 3. The molecule has 0 saturated carbocycles. The third kappa shape index (κ3) is 4.30. The number of carbonyl (C=O) groups is 2. The fourth-order valence-corrected chi connectivity index (χ4v) is 3.74. The molecular weight excluding hydrogens is 427 g/mol. The highest BCUT2D eigenvalue weighted by Gasteiger charge is 2.39. The Hall–Kier alpha value is -3.44. The van der Waals surface area contributed by atoms with E-state index in [4.69, 9.17) is 11.6 Å². The maximum Gasteiger partial charge on any atom is 0.278 e. The molecule has 4 rings (SSSR count). The van der Waals surface area contributed by atoms with E-state index in [2.05, 4.69) is 19.2 Å². The summed E-state index contributed by atoms with van der Waals surface area (Å²) in [6.07, 6.45) is 0. The summed E-state index contributed by atoms with van der Waals surface area (Å²) in [5.74, 6) is -1.08. The van der Waals surface area contributed by atoms with Crippen molar-refractivity contribution >= 4 is 34.7 Å². The van der Waals surface area contributed by atoms with Crippen molar-refractivity contribution in [1.82, 2.24) is 4.90 Å². The fraction of sp³-hybridized carbons (Fsp3) is 0.154. The molecule has 3 aromatic carbocycles. The first-order chi connectivity index (χ1) is 15.3. The summed E-state index contributed by atoms with van der Waals surface area (Å²) in [4.78, 5) is 27.7. The normalized spacial score (nSPS) is 14.0. The van der Waals surface area contributed by atoms with E-state index in [0.717, 1.165) is 10.5 Å². The monoisotopic (exact) mass is 448 g/mol. The van der Waals surface area contributed by atoms with Crippen LogP contribution >= 0.6 is 11.6 Å². The fourth-order valence-electron chi connectivity index (χ4n) is 3.61. The molecule has 1 aliphatic rings. The Labute approximate surface area is 191 Å². The molecule has 32 heavy (non-hydrogen) atoms. The number of nitrogens with one attached hydrogen (secondary N) is 1. The van der Waals surface area contributed by atoms with Crippen molar-refractivity contribution in [3.63, 3.8) is 0 Å². The molecular formula is C26H22ClFN2O2. The van der Waals surface area contributed by atoms with Crippen LogP contribution in [0.15, 0.2) is 78.5 Å². The van der Waals surface area contributed by atoms with Crippen LogP contribution in [0, 0.1) is 5.82 Å². The van der Waals surface area contributed by atoms with Gasteiger partial charge in [0.15, 0.2) is 0 Å². The number of amides is 2. The number of carbonyl (C=O) groups excluding carboxylic acids is 2. The molecule has 0 radical (unpaired) electrons. The van der Waals surface area contributed by atoms with Crippen LogP contribution in [-0.4, -0.2) is 16.7 Å². The van der Waals surface area contributed by atoms with Crippen molar-refractivity contribution in [1.29, 1.82) is 0 Å². The summed E-state index contributed by atoms with van der Waals surface area (Å²) in [6.45, 7) is 4.05. The van der Waals surface area contributed by atoms with Gasteiger partial charge in [-0.1, -0.05) is 67.9 Å². The Morgan fingerprint density at radius 3 is 2.19 bits per heavy atom.